The lowest BCUT2D eigenvalue weighted by Gasteiger charge is -2.23. The van der Waals surface area contributed by atoms with Crippen LogP contribution in [0.15, 0.2) is 12.1 Å². The lowest BCUT2D eigenvalue weighted by molar-refractivity contribution is 0.296. The van der Waals surface area contributed by atoms with Gasteiger partial charge in [-0.3, -0.25) is 0 Å². The van der Waals surface area contributed by atoms with Crippen molar-refractivity contribution < 1.29 is 4.74 Å². The standard InChI is InChI=1S/C17H26ClNO.ClH/c1-11(19)7-13-8-14(17(2,3)4)9-15(18)16(13)20-10-12-5-6-12;/h8-9,11-12H,5-7,10,19H2,1-4H3;1H. The van der Waals surface area contributed by atoms with Crippen molar-refractivity contribution in [2.75, 3.05) is 6.61 Å². The molecule has 1 aromatic rings. The van der Waals surface area contributed by atoms with Crippen molar-refractivity contribution in [1.29, 1.82) is 0 Å². The van der Waals surface area contributed by atoms with Crippen molar-refractivity contribution in [1.82, 2.24) is 0 Å². The minimum Gasteiger partial charge on any atom is -0.491 e. The first kappa shape index (κ1) is 18.6. The SMILES string of the molecule is CC(N)Cc1cc(C(C)(C)C)cc(Cl)c1OCC1CC1.Cl. The van der Waals surface area contributed by atoms with Gasteiger partial charge < -0.3 is 10.5 Å². The minimum atomic E-state index is 0. The maximum atomic E-state index is 6.46. The van der Waals surface area contributed by atoms with Gasteiger partial charge in [-0.2, -0.15) is 0 Å². The molecule has 2 rings (SSSR count). The fourth-order valence-electron chi connectivity index (χ4n) is 2.23. The number of halogens is 2. The Labute approximate surface area is 139 Å². The van der Waals surface area contributed by atoms with Crippen LogP contribution in [0.2, 0.25) is 5.02 Å². The molecule has 0 saturated heterocycles. The molecule has 1 aliphatic rings. The highest BCUT2D eigenvalue weighted by atomic mass is 35.5. The molecule has 0 aliphatic heterocycles. The predicted octanol–water partition coefficient (Wildman–Crippen LogP) is 4.74. The number of rotatable bonds is 5. The molecule has 0 bridgehead atoms. The average Bonchev–Trinajstić information content (AvgIpc) is 3.09. The highest BCUT2D eigenvalue weighted by molar-refractivity contribution is 6.32. The molecule has 1 saturated carbocycles. The first-order valence-corrected chi connectivity index (χ1v) is 7.86. The second kappa shape index (κ2) is 7.21. The quantitative estimate of drug-likeness (QED) is 0.845. The van der Waals surface area contributed by atoms with E-state index in [1.807, 2.05) is 13.0 Å². The van der Waals surface area contributed by atoms with E-state index in [0.29, 0.717) is 5.02 Å². The third kappa shape index (κ3) is 5.36. The average molecular weight is 332 g/mol. The van der Waals surface area contributed by atoms with Crippen LogP contribution < -0.4 is 10.5 Å². The van der Waals surface area contributed by atoms with E-state index >= 15 is 0 Å². The Bertz CT molecular complexity index is 476. The largest absolute Gasteiger partial charge is 0.491 e. The van der Waals surface area contributed by atoms with Crippen LogP contribution in [0.25, 0.3) is 0 Å². The van der Waals surface area contributed by atoms with Crippen molar-refractivity contribution in [3.63, 3.8) is 0 Å². The lowest BCUT2D eigenvalue weighted by Crippen LogP contribution is -2.20. The van der Waals surface area contributed by atoms with Gasteiger partial charge in [-0.25, -0.2) is 0 Å². The molecule has 2 N–H and O–H groups in total. The van der Waals surface area contributed by atoms with Crippen LogP contribution in [0, 0.1) is 5.92 Å². The van der Waals surface area contributed by atoms with Crippen LogP contribution in [-0.4, -0.2) is 12.6 Å². The Balaban J connectivity index is 0.00000220. The fraction of sp³-hybridized carbons (Fsp3) is 0.647. The second-order valence-corrected chi connectivity index (χ2v) is 7.54. The lowest BCUT2D eigenvalue weighted by atomic mass is 9.85. The third-order valence-electron chi connectivity index (χ3n) is 3.69. The Morgan fingerprint density at radius 3 is 2.43 bits per heavy atom. The zero-order valence-electron chi connectivity index (χ0n) is 13.4. The summed E-state index contributed by atoms with van der Waals surface area (Å²) >= 11 is 6.46. The molecule has 1 atom stereocenters. The molecule has 1 aromatic carbocycles. The van der Waals surface area contributed by atoms with Crippen molar-refractivity contribution >= 4 is 24.0 Å². The molecular weight excluding hydrogens is 305 g/mol. The van der Waals surface area contributed by atoms with Gasteiger partial charge in [-0.1, -0.05) is 38.4 Å². The summed E-state index contributed by atoms with van der Waals surface area (Å²) in [6.45, 7) is 9.38. The maximum absolute atomic E-state index is 6.46. The Morgan fingerprint density at radius 1 is 1.33 bits per heavy atom. The molecule has 4 heteroatoms. The van der Waals surface area contributed by atoms with Gasteiger partial charge in [0.25, 0.3) is 0 Å². The van der Waals surface area contributed by atoms with Crippen LogP contribution >= 0.6 is 24.0 Å². The number of nitrogens with two attached hydrogens (primary N) is 1. The molecule has 1 unspecified atom stereocenters. The zero-order chi connectivity index (χ0) is 14.9. The molecule has 1 aliphatic carbocycles. The maximum Gasteiger partial charge on any atom is 0.141 e. The Morgan fingerprint density at radius 2 is 1.95 bits per heavy atom. The summed E-state index contributed by atoms with van der Waals surface area (Å²) in [6.07, 6.45) is 3.35. The predicted molar refractivity (Wildman–Crippen MR) is 93.0 cm³/mol. The molecule has 120 valence electrons. The van der Waals surface area contributed by atoms with E-state index in [9.17, 15) is 0 Å². The minimum absolute atomic E-state index is 0. The smallest absolute Gasteiger partial charge is 0.141 e. The van der Waals surface area contributed by atoms with Gasteiger partial charge in [0.1, 0.15) is 5.75 Å². The van der Waals surface area contributed by atoms with Gasteiger partial charge >= 0.3 is 0 Å². The number of benzene rings is 1. The number of hydrogen-bond donors (Lipinski definition) is 1. The van der Waals surface area contributed by atoms with Crippen LogP contribution in [0.4, 0.5) is 0 Å². The first-order chi connectivity index (χ1) is 9.27. The topological polar surface area (TPSA) is 35.2 Å². The van der Waals surface area contributed by atoms with E-state index in [-0.39, 0.29) is 23.9 Å². The third-order valence-corrected chi connectivity index (χ3v) is 3.97. The van der Waals surface area contributed by atoms with E-state index in [2.05, 4.69) is 26.8 Å². The second-order valence-electron chi connectivity index (χ2n) is 7.13. The van der Waals surface area contributed by atoms with Gasteiger partial charge in [0.2, 0.25) is 0 Å². The summed E-state index contributed by atoms with van der Waals surface area (Å²) in [7, 11) is 0. The van der Waals surface area contributed by atoms with Gasteiger partial charge in [-0.15, -0.1) is 12.4 Å². The van der Waals surface area contributed by atoms with Crippen LogP contribution in [-0.2, 0) is 11.8 Å². The van der Waals surface area contributed by atoms with E-state index in [1.54, 1.807) is 0 Å². The number of ether oxygens (including phenoxy) is 1. The normalized spacial score (nSPS) is 16.3. The van der Waals surface area contributed by atoms with Gasteiger partial charge in [0, 0.05) is 6.04 Å². The van der Waals surface area contributed by atoms with Gasteiger partial charge in [0.05, 0.1) is 11.6 Å². The highest BCUT2D eigenvalue weighted by Gasteiger charge is 2.24. The van der Waals surface area contributed by atoms with Crippen LogP contribution in [0.5, 0.6) is 5.75 Å². The summed E-state index contributed by atoms with van der Waals surface area (Å²) in [6, 6.07) is 4.34. The molecule has 21 heavy (non-hydrogen) atoms. The molecule has 0 aromatic heterocycles. The highest BCUT2D eigenvalue weighted by Crippen LogP contribution is 2.37. The Hall–Kier alpha value is -0.440. The van der Waals surface area contributed by atoms with Gasteiger partial charge in [-0.05, 0) is 54.7 Å². The molecule has 0 heterocycles. The number of hydrogen-bond acceptors (Lipinski definition) is 2. The van der Waals surface area contributed by atoms with Crippen molar-refractivity contribution in [3.05, 3.63) is 28.3 Å². The van der Waals surface area contributed by atoms with Crippen molar-refractivity contribution in [3.8, 4) is 5.75 Å². The molecule has 0 spiro atoms. The fourth-order valence-corrected chi connectivity index (χ4v) is 2.52. The van der Waals surface area contributed by atoms with Crippen molar-refractivity contribution in [2.45, 2.75) is 58.4 Å². The summed E-state index contributed by atoms with van der Waals surface area (Å²) in [5.74, 6) is 1.56. The van der Waals surface area contributed by atoms with Crippen LogP contribution in [0.3, 0.4) is 0 Å². The summed E-state index contributed by atoms with van der Waals surface area (Å²) < 4.78 is 5.97. The first-order valence-electron chi connectivity index (χ1n) is 7.48. The van der Waals surface area contributed by atoms with Gasteiger partial charge in [0.15, 0.2) is 0 Å². The van der Waals surface area contributed by atoms with E-state index < -0.39 is 0 Å². The van der Waals surface area contributed by atoms with Crippen LogP contribution in [0.1, 0.15) is 51.7 Å². The van der Waals surface area contributed by atoms with E-state index in [1.165, 1.54) is 18.4 Å². The summed E-state index contributed by atoms with van der Waals surface area (Å²) in [5.41, 5.74) is 8.42. The molecule has 1 fully saturated rings. The van der Waals surface area contributed by atoms with Crippen molar-refractivity contribution in [2.24, 2.45) is 11.7 Å². The van der Waals surface area contributed by atoms with E-state index in [4.69, 9.17) is 22.1 Å². The monoisotopic (exact) mass is 331 g/mol. The van der Waals surface area contributed by atoms with E-state index in [0.717, 1.165) is 30.3 Å². The summed E-state index contributed by atoms with van der Waals surface area (Å²) in [5, 5.41) is 0.716. The molecule has 0 amide bonds. The Kier molecular flexibility index (Phi) is 6.39. The zero-order valence-corrected chi connectivity index (χ0v) is 15.0. The summed E-state index contributed by atoms with van der Waals surface area (Å²) in [4.78, 5) is 0. The molecule has 0 radical (unpaired) electrons. The molecular formula is C17H27Cl2NO. The molecule has 2 nitrogen and oxygen atoms in total.